The molecule has 0 saturated heterocycles. The van der Waals surface area contributed by atoms with Crippen LogP contribution in [0.15, 0.2) is 47.6 Å². The lowest BCUT2D eigenvalue weighted by atomic mass is 10.2. The average Bonchev–Trinajstić information content (AvgIpc) is 2.39. The van der Waals surface area contributed by atoms with E-state index >= 15 is 0 Å². The van der Waals surface area contributed by atoms with Gasteiger partial charge in [0.05, 0.1) is 0 Å². The van der Waals surface area contributed by atoms with Gasteiger partial charge >= 0.3 is 0 Å². The van der Waals surface area contributed by atoms with Crippen LogP contribution >= 0.6 is 0 Å². The normalized spacial score (nSPS) is 11.5. The molecule has 0 aliphatic rings. The van der Waals surface area contributed by atoms with Crippen molar-refractivity contribution in [3.8, 4) is 0 Å². The summed E-state index contributed by atoms with van der Waals surface area (Å²) in [4.78, 5) is 2.89. The van der Waals surface area contributed by atoms with Crippen molar-refractivity contribution < 1.29 is 17.2 Å². The van der Waals surface area contributed by atoms with Crippen molar-refractivity contribution >= 4 is 10.0 Å². The molecule has 0 bridgehead atoms. The van der Waals surface area contributed by atoms with E-state index in [1.54, 1.807) is 24.5 Å². The minimum atomic E-state index is -4.21. The van der Waals surface area contributed by atoms with Crippen molar-refractivity contribution in [2.45, 2.75) is 11.3 Å². The molecule has 0 aliphatic carbocycles. The Morgan fingerprint density at radius 3 is 2.25 bits per heavy atom. The highest BCUT2D eigenvalue weighted by molar-refractivity contribution is 7.89. The summed E-state index contributed by atoms with van der Waals surface area (Å²) < 4.78 is 52.8. The Hall–Kier alpha value is -1.86. The summed E-state index contributed by atoms with van der Waals surface area (Å²) in [7, 11) is -4.21. The van der Waals surface area contributed by atoms with Gasteiger partial charge in [-0.3, -0.25) is 4.98 Å². The number of nitrogens with zero attached hydrogens (tertiary/aromatic N) is 1. The van der Waals surface area contributed by atoms with E-state index in [0.717, 1.165) is 23.8 Å². The first-order chi connectivity index (χ1) is 9.50. The minimum absolute atomic E-state index is 0.0418. The zero-order valence-electron chi connectivity index (χ0n) is 10.4. The number of benzene rings is 1. The summed E-state index contributed by atoms with van der Waals surface area (Å²) >= 11 is 0. The zero-order valence-corrected chi connectivity index (χ0v) is 11.2. The smallest absolute Gasteiger partial charge is 0.246 e. The molecule has 1 aromatic carbocycles. The first-order valence-electron chi connectivity index (χ1n) is 5.83. The standard InChI is InChI=1S/C13H12F2N2O2S/c14-11-2-1-3-12(15)13(11)20(18,19)17-9-6-10-4-7-16-8-5-10/h1-5,7-8,17H,6,9H2. The molecule has 1 aromatic heterocycles. The van der Waals surface area contributed by atoms with Crippen LogP contribution in [0.5, 0.6) is 0 Å². The van der Waals surface area contributed by atoms with Gasteiger partial charge in [0.15, 0.2) is 4.90 Å². The van der Waals surface area contributed by atoms with E-state index in [0.29, 0.717) is 6.42 Å². The number of rotatable bonds is 5. The Labute approximate surface area is 115 Å². The van der Waals surface area contributed by atoms with E-state index in [2.05, 4.69) is 9.71 Å². The Morgan fingerprint density at radius 2 is 1.65 bits per heavy atom. The SMILES string of the molecule is O=S(=O)(NCCc1ccncc1)c1c(F)cccc1F. The Kier molecular flexibility index (Phi) is 4.41. The fourth-order valence-corrected chi connectivity index (χ4v) is 2.86. The van der Waals surface area contributed by atoms with Crippen LogP contribution in [0.2, 0.25) is 0 Å². The van der Waals surface area contributed by atoms with Crippen LogP contribution in [-0.2, 0) is 16.4 Å². The lowest BCUT2D eigenvalue weighted by Gasteiger charge is -2.08. The predicted molar refractivity (Wildman–Crippen MR) is 69.5 cm³/mol. The number of halogens is 2. The number of sulfonamides is 1. The summed E-state index contributed by atoms with van der Waals surface area (Å²) in [5, 5.41) is 0. The second kappa shape index (κ2) is 6.06. The molecule has 0 spiro atoms. The van der Waals surface area contributed by atoms with E-state index in [1.807, 2.05) is 0 Å². The molecular weight excluding hydrogens is 286 g/mol. The van der Waals surface area contributed by atoms with Crippen molar-refractivity contribution in [3.63, 3.8) is 0 Å². The van der Waals surface area contributed by atoms with Gasteiger partial charge < -0.3 is 0 Å². The minimum Gasteiger partial charge on any atom is -0.265 e. The van der Waals surface area contributed by atoms with Crippen molar-refractivity contribution in [1.29, 1.82) is 0 Å². The van der Waals surface area contributed by atoms with Gasteiger partial charge in [0.1, 0.15) is 11.6 Å². The number of pyridine rings is 1. The van der Waals surface area contributed by atoms with Crippen LogP contribution in [0.1, 0.15) is 5.56 Å². The molecule has 4 nitrogen and oxygen atoms in total. The fraction of sp³-hybridized carbons (Fsp3) is 0.154. The van der Waals surface area contributed by atoms with E-state index in [-0.39, 0.29) is 6.54 Å². The zero-order chi connectivity index (χ0) is 14.6. The molecular formula is C13H12F2N2O2S. The molecule has 0 atom stereocenters. The van der Waals surface area contributed by atoms with Crippen molar-refractivity contribution in [3.05, 3.63) is 59.9 Å². The van der Waals surface area contributed by atoms with Crippen LogP contribution < -0.4 is 4.72 Å². The maximum atomic E-state index is 13.4. The quantitative estimate of drug-likeness (QED) is 0.917. The highest BCUT2D eigenvalue weighted by atomic mass is 32.2. The van der Waals surface area contributed by atoms with Gasteiger partial charge in [0.25, 0.3) is 0 Å². The number of aromatic nitrogens is 1. The molecule has 0 fully saturated rings. The first-order valence-corrected chi connectivity index (χ1v) is 7.31. The van der Waals surface area contributed by atoms with Crippen molar-refractivity contribution in [2.24, 2.45) is 0 Å². The molecule has 0 amide bonds. The van der Waals surface area contributed by atoms with Crippen LogP contribution in [-0.4, -0.2) is 19.9 Å². The van der Waals surface area contributed by atoms with Gasteiger partial charge in [-0.25, -0.2) is 21.9 Å². The van der Waals surface area contributed by atoms with E-state index in [9.17, 15) is 17.2 Å². The lowest BCUT2D eigenvalue weighted by molar-refractivity contribution is 0.514. The molecule has 7 heteroatoms. The van der Waals surface area contributed by atoms with Gasteiger partial charge in [-0.05, 0) is 36.2 Å². The largest absolute Gasteiger partial charge is 0.265 e. The summed E-state index contributed by atoms with van der Waals surface area (Å²) in [6, 6.07) is 6.39. The van der Waals surface area contributed by atoms with Crippen molar-refractivity contribution in [2.75, 3.05) is 6.54 Å². The molecule has 1 N–H and O–H groups in total. The fourth-order valence-electron chi connectivity index (χ4n) is 1.69. The maximum Gasteiger partial charge on any atom is 0.246 e. The molecule has 0 unspecified atom stereocenters. The van der Waals surface area contributed by atoms with Crippen LogP contribution in [0.25, 0.3) is 0 Å². The van der Waals surface area contributed by atoms with Gasteiger partial charge in [-0.1, -0.05) is 6.07 Å². The molecule has 0 aliphatic heterocycles. The monoisotopic (exact) mass is 298 g/mol. The molecule has 0 radical (unpaired) electrons. The Balaban J connectivity index is 2.09. The molecule has 0 saturated carbocycles. The van der Waals surface area contributed by atoms with E-state index < -0.39 is 26.6 Å². The second-order valence-corrected chi connectivity index (χ2v) is 5.76. The van der Waals surface area contributed by atoms with E-state index in [4.69, 9.17) is 0 Å². The van der Waals surface area contributed by atoms with Crippen LogP contribution in [0, 0.1) is 11.6 Å². The maximum absolute atomic E-state index is 13.4. The number of hydrogen-bond acceptors (Lipinski definition) is 3. The predicted octanol–water partition coefficient (Wildman–Crippen LogP) is 1.88. The van der Waals surface area contributed by atoms with Crippen LogP contribution in [0.3, 0.4) is 0 Å². The average molecular weight is 298 g/mol. The molecule has 2 aromatic rings. The first kappa shape index (κ1) is 14.5. The van der Waals surface area contributed by atoms with Gasteiger partial charge in [0.2, 0.25) is 10.0 Å². The topological polar surface area (TPSA) is 59.1 Å². The Morgan fingerprint density at radius 1 is 1.05 bits per heavy atom. The highest BCUT2D eigenvalue weighted by Gasteiger charge is 2.22. The molecule has 20 heavy (non-hydrogen) atoms. The van der Waals surface area contributed by atoms with Crippen LogP contribution in [0.4, 0.5) is 8.78 Å². The third kappa shape index (κ3) is 3.37. The molecule has 106 valence electrons. The summed E-state index contributed by atoms with van der Waals surface area (Å²) in [6.07, 6.45) is 3.57. The van der Waals surface area contributed by atoms with Gasteiger partial charge in [-0.2, -0.15) is 0 Å². The van der Waals surface area contributed by atoms with Gasteiger partial charge in [0, 0.05) is 18.9 Å². The van der Waals surface area contributed by atoms with Crippen molar-refractivity contribution in [1.82, 2.24) is 9.71 Å². The molecule has 2 rings (SSSR count). The third-order valence-electron chi connectivity index (χ3n) is 2.64. The highest BCUT2D eigenvalue weighted by Crippen LogP contribution is 2.17. The lowest BCUT2D eigenvalue weighted by Crippen LogP contribution is -2.27. The third-order valence-corrected chi connectivity index (χ3v) is 4.15. The summed E-state index contributed by atoms with van der Waals surface area (Å²) in [5.41, 5.74) is 0.872. The summed E-state index contributed by atoms with van der Waals surface area (Å²) in [5.74, 6) is -2.22. The number of hydrogen-bond donors (Lipinski definition) is 1. The van der Waals surface area contributed by atoms with E-state index in [1.165, 1.54) is 0 Å². The Bertz CT molecular complexity index is 671. The second-order valence-electron chi connectivity index (χ2n) is 4.05. The van der Waals surface area contributed by atoms with Gasteiger partial charge in [-0.15, -0.1) is 0 Å². The molecule has 1 heterocycles. The summed E-state index contributed by atoms with van der Waals surface area (Å²) in [6.45, 7) is 0.0418. The number of nitrogens with one attached hydrogen (secondary N) is 1.